The first-order valence-electron chi connectivity index (χ1n) is 5.13. The second-order valence-electron chi connectivity index (χ2n) is 3.49. The lowest BCUT2D eigenvalue weighted by Gasteiger charge is -2.25. The molecule has 0 saturated heterocycles. The van der Waals surface area contributed by atoms with Crippen molar-refractivity contribution in [3.05, 3.63) is 29.8 Å². The summed E-state index contributed by atoms with van der Waals surface area (Å²) < 4.78 is 24.8. The Hall–Kier alpha value is -1.69. The molecule has 1 rings (SSSR count). The number of nitrogens with two attached hydrogens (primary N) is 1. The first kappa shape index (κ1) is 13.4. The minimum Gasteiger partial charge on any atom is -0.395 e. The second kappa shape index (κ2) is 6.15. The fourth-order valence-electron chi connectivity index (χ4n) is 1.57. The van der Waals surface area contributed by atoms with E-state index in [1.54, 1.807) is 24.3 Å². The van der Waals surface area contributed by atoms with Gasteiger partial charge in [0.05, 0.1) is 13.2 Å². The summed E-state index contributed by atoms with van der Waals surface area (Å²) in [6.45, 7) is -0.654. The summed E-state index contributed by atoms with van der Waals surface area (Å²) in [4.78, 5) is 1.32. The van der Waals surface area contributed by atoms with Crippen molar-refractivity contribution in [3.8, 4) is 0 Å². The van der Waals surface area contributed by atoms with Crippen LogP contribution in [0.4, 0.5) is 14.5 Å². The average molecular weight is 243 g/mol. The number of halogens is 2. The van der Waals surface area contributed by atoms with Crippen LogP contribution in [0.2, 0.25) is 0 Å². The molecule has 0 aromatic heterocycles. The summed E-state index contributed by atoms with van der Waals surface area (Å²) in [5.41, 5.74) is 6.22. The number of aliphatic hydroxyl groups excluding tert-OH is 1. The van der Waals surface area contributed by atoms with Crippen molar-refractivity contribution in [2.45, 2.75) is 6.43 Å². The summed E-state index contributed by atoms with van der Waals surface area (Å²) in [5.74, 6) is -0.183. The molecule has 0 heterocycles. The Morgan fingerprint density at radius 1 is 1.41 bits per heavy atom. The van der Waals surface area contributed by atoms with Gasteiger partial charge in [-0.25, -0.2) is 8.78 Å². The molecule has 0 aliphatic carbocycles. The van der Waals surface area contributed by atoms with E-state index >= 15 is 0 Å². The third-order valence-corrected chi connectivity index (χ3v) is 2.26. The van der Waals surface area contributed by atoms with Crippen LogP contribution in [0.15, 0.2) is 24.3 Å². The number of benzene rings is 1. The van der Waals surface area contributed by atoms with Gasteiger partial charge in [-0.05, 0) is 12.1 Å². The summed E-state index contributed by atoms with van der Waals surface area (Å²) in [6, 6.07) is 6.56. The van der Waals surface area contributed by atoms with Crippen molar-refractivity contribution < 1.29 is 13.9 Å². The molecule has 0 unspecified atom stereocenters. The number of anilines is 1. The number of para-hydroxylation sites is 1. The Kier molecular flexibility index (Phi) is 4.84. The van der Waals surface area contributed by atoms with Gasteiger partial charge in [-0.15, -0.1) is 0 Å². The number of amidine groups is 1. The number of nitrogens with zero attached hydrogens (tertiary/aromatic N) is 1. The standard InChI is InChI=1S/C11H15F2N3O/c12-10(13)7-16(5-6-17)9-4-2-1-3-8(9)11(14)15/h1-4,10,17H,5-7H2,(H3,14,15). The Balaban J connectivity index is 3.04. The molecule has 0 atom stereocenters. The van der Waals surface area contributed by atoms with E-state index in [1.807, 2.05) is 0 Å². The van der Waals surface area contributed by atoms with Gasteiger partial charge in [0, 0.05) is 17.8 Å². The van der Waals surface area contributed by atoms with Crippen LogP contribution >= 0.6 is 0 Å². The smallest absolute Gasteiger partial charge is 0.255 e. The molecular formula is C11H15F2N3O. The number of rotatable bonds is 6. The molecule has 4 nitrogen and oxygen atoms in total. The van der Waals surface area contributed by atoms with Crippen molar-refractivity contribution in [1.82, 2.24) is 0 Å². The molecule has 1 aromatic rings. The molecule has 0 fully saturated rings. The molecule has 6 heteroatoms. The highest BCUT2D eigenvalue weighted by molar-refractivity contribution is 6.00. The van der Waals surface area contributed by atoms with Crippen LogP contribution in [0.3, 0.4) is 0 Å². The summed E-state index contributed by atoms with van der Waals surface area (Å²) >= 11 is 0. The lowest BCUT2D eigenvalue weighted by Crippen LogP contribution is -2.33. The summed E-state index contributed by atoms with van der Waals surface area (Å²) in [7, 11) is 0. The van der Waals surface area contributed by atoms with E-state index in [0.29, 0.717) is 11.3 Å². The Morgan fingerprint density at radius 3 is 2.59 bits per heavy atom. The molecule has 0 aliphatic heterocycles. The SMILES string of the molecule is N=C(N)c1ccccc1N(CCO)CC(F)F. The number of hydrogen-bond acceptors (Lipinski definition) is 3. The second-order valence-corrected chi connectivity index (χ2v) is 3.49. The van der Waals surface area contributed by atoms with Gasteiger partial charge in [0.25, 0.3) is 6.43 Å². The quantitative estimate of drug-likeness (QED) is 0.516. The van der Waals surface area contributed by atoms with Crippen LogP contribution in [-0.4, -0.2) is 37.1 Å². The topological polar surface area (TPSA) is 73.3 Å². The van der Waals surface area contributed by atoms with Gasteiger partial charge >= 0.3 is 0 Å². The number of nitrogens with one attached hydrogen (secondary N) is 1. The van der Waals surface area contributed by atoms with Crippen LogP contribution in [0.25, 0.3) is 0 Å². The monoisotopic (exact) mass is 243 g/mol. The van der Waals surface area contributed by atoms with Gasteiger partial charge in [-0.3, -0.25) is 5.41 Å². The van der Waals surface area contributed by atoms with Crippen LogP contribution < -0.4 is 10.6 Å². The largest absolute Gasteiger partial charge is 0.395 e. The number of nitrogen functional groups attached to an aromatic ring is 1. The number of alkyl halides is 2. The maximum atomic E-state index is 12.4. The van der Waals surface area contributed by atoms with E-state index in [9.17, 15) is 8.78 Å². The van der Waals surface area contributed by atoms with Gasteiger partial charge in [0.1, 0.15) is 5.84 Å². The van der Waals surface area contributed by atoms with Crippen molar-refractivity contribution >= 4 is 11.5 Å². The first-order valence-corrected chi connectivity index (χ1v) is 5.13. The zero-order chi connectivity index (χ0) is 12.8. The highest BCUT2D eigenvalue weighted by atomic mass is 19.3. The molecule has 94 valence electrons. The van der Waals surface area contributed by atoms with E-state index < -0.39 is 13.0 Å². The molecule has 17 heavy (non-hydrogen) atoms. The fraction of sp³-hybridized carbons (Fsp3) is 0.364. The third kappa shape index (κ3) is 3.67. The van der Waals surface area contributed by atoms with Gasteiger partial charge in [0.15, 0.2) is 0 Å². The maximum absolute atomic E-state index is 12.4. The maximum Gasteiger partial charge on any atom is 0.255 e. The van der Waals surface area contributed by atoms with E-state index in [0.717, 1.165) is 0 Å². The summed E-state index contributed by atoms with van der Waals surface area (Å²) in [5, 5.41) is 16.3. The molecule has 0 radical (unpaired) electrons. The molecule has 1 aromatic carbocycles. The molecule has 0 bridgehead atoms. The lowest BCUT2D eigenvalue weighted by atomic mass is 10.1. The van der Waals surface area contributed by atoms with Crippen LogP contribution in [0.5, 0.6) is 0 Å². The van der Waals surface area contributed by atoms with Crippen molar-refractivity contribution in [2.75, 3.05) is 24.6 Å². The molecule has 0 spiro atoms. The number of hydrogen-bond donors (Lipinski definition) is 3. The van der Waals surface area contributed by atoms with Crippen molar-refractivity contribution in [3.63, 3.8) is 0 Å². The molecule has 0 saturated carbocycles. The van der Waals surface area contributed by atoms with Crippen LogP contribution in [0.1, 0.15) is 5.56 Å². The van der Waals surface area contributed by atoms with E-state index in [1.165, 1.54) is 4.90 Å². The van der Waals surface area contributed by atoms with Crippen molar-refractivity contribution in [2.24, 2.45) is 5.73 Å². The molecule has 4 N–H and O–H groups in total. The van der Waals surface area contributed by atoms with Gasteiger partial charge in [-0.2, -0.15) is 0 Å². The predicted molar refractivity (Wildman–Crippen MR) is 62.8 cm³/mol. The Bertz CT molecular complexity index is 385. The van der Waals surface area contributed by atoms with Gasteiger partial charge in [-0.1, -0.05) is 12.1 Å². The fourth-order valence-corrected chi connectivity index (χ4v) is 1.57. The zero-order valence-corrected chi connectivity index (χ0v) is 9.24. The normalized spacial score (nSPS) is 10.6. The van der Waals surface area contributed by atoms with Crippen LogP contribution in [-0.2, 0) is 0 Å². The van der Waals surface area contributed by atoms with Gasteiger partial charge < -0.3 is 15.7 Å². The lowest BCUT2D eigenvalue weighted by molar-refractivity contribution is 0.153. The predicted octanol–water partition coefficient (Wildman–Crippen LogP) is 1.03. The number of aliphatic hydroxyl groups is 1. The summed E-state index contributed by atoms with van der Waals surface area (Å²) in [6.07, 6.45) is -2.51. The van der Waals surface area contributed by atoms with Crippen molar-refractivity contribution in [1.29, 1.82) is 5.41 Å². The highest BCUT2D eigenvalue weighted by Gasteiger charge is 2.16. The van der Waals surface area contributed by atoms with E-state index in [-0.39, 0.29) is 19.0 Å². The molecule has 0 aliphatic rings. The minimum atomic E-state index is -2.51. The average Bonchev–Trinajstić information content (AvgIpc) is 2.28. The Morgan fingerprint density at radius 2 is 2.06 bits per heavy atom. The molecular weight excluding hydrogens is 228 g/mol. The van der Waals surface area contributed by atoms with Gasteiger partial charge in [0.2, 0.25) is 0 Å². The zero-order valence-electron chi connectivity index (χ0n) is 9.24. The van der Waals surface area contributed by atoms with E-state index in [4.69, 9.17) is 16.2 Å². The third-order valence-electron chi connectivity index (χ3n) is 2.26. The molecule has 0 amide bonds. The van der Waals surface area contributed by atoms with E-state index in [2.05, 4.69) is 0 Å². The Labute approximate surface area is 98.2 Å². The van der Waals surface area contributed by atoms with Crippen LogP contribution in [0, 0.1) is 5.41 Å². The highest BCUT2D eigenvalue weighted by Crippen LogP contribution is 2.20. The first-order chi connectivity index (χ1) is 8.06. The minimum absolute atomic E-state index is 0.0780.